The van der Waals surface area contributed by atoms with Crippen molar-refractivity contribution in [2.24, 2.45) is 0 Å². The predicted octanol–water partition coefficient (Wildman–Crippen LogP) is 4.40. The van der Waals surface area contributed by atoms with Crippen molar-refractivity contribution in [3.63, 3.8) is 0 Å². The number of ether oxygens (including phenoxy) is 2. The summed E-state index contributed by atoms with van der Waals surface area (Å²) in [6.45, 7) is 5.49. The van der Waals surface area contributed by atoms with E-state index in [0.29, 0.717) is 22.2 Å². The van der Waals surface area contributed by atoms with Crippen LogP contribution in [0.3, 0.4) is 0 Å². The van der Waals surface area contributed by atoms with Gasteiger partial charge in [-0.2, -0.15) is 0 Å². The normalized spacial score (nSPS) is 10.1. The Morgan fingerprint density at radius 3 is 2.71 bits per heavy atom. The van der Waals surface area contributed by atoms with E-state index in [1.165, 1.54) is 0 Å². The lowest BCUT2D eigenvalue weighted by Gasteiger charge is -2.12. The molecule has 0 atom stereocenters. The Morgan fingerprint density at radius 1 is 1.25 bits per heavy atom. The minimum Gasteiger partial charge on any atom is -0.493 e. The summed E-state index contributed by atoms with van der Waals surface area (Å²) in [4.78, 5) is 12.0. The van der Waals surface area contributed by atoms with Gasteiger partial charge in [0.05, 0.1) is 7.11 Å². The van der Waals surface area contributed by atoms with E-state index in [4.69, 9.17) is 21.1 Å². The van der Waals surface area contributed by atoms with Gasteiger partial charge in [-0.05, 0) is 48.7 Å². The van der Waals surface area contributed by atoms with Gasteiger partial charge < -0.3 is 14.8 Å². The number of allylic oxidation sites excluding steroid dienone is 1. The molecule has 5 heteroatoms. The van der Waals surface area contributed by atoms with Crippen molar-refractivity contribution >= 4 is 23.2 Å². The van der Waals surface area contributed by atoms with Gasteiger partial charge in [0.15, 0.2) is 18.1 Å². The molecule has 0 heterocycles. The van der Waals surface area contributed by atoms with Crippen molar-refractivity contribution in [2.45, 2.75) is 13.3 Å². The van der Waals surface area contributed by atoms with Crippen LogP contribution in [0.1, 0.15) is 11.1 Å². The van der Waals surface area contributed by atoms with E-state index in [0.717, 1.165) is 17.5 Å². The predicted molar refractivity (Wildman–Crippen MR) is 97.2 cm³/mol. The number of anilines is 1. The number of rotatable bonds is 7. The molecule has 0 aliphatic rings. The second-order valence-corrected chi connectivity index (χ2v) is 5.69. The molecule has 0 radical (unpaired) electrons. The van der Waals surface area contributed by atoms with E-state index in [1.54, 1.807) is 25.3 Å². The van der Waals surface area contributed by atoms with Crippen LogP contribution in [0.25, 0.3) is 0 Å². The zero-order valence-corrected chi connectivity index (χ0v) is 14.5. The summed E-state index contributed by atoms with van der Waals surface area (Å²) in [5, 5.41) is 3.35. The number of carbonyl (C=O) groups is 1. The number of methoxy groups -OCH3 is 1. The maximum atomic E-state index is 12.0. The monoisotopic (exact) mass is 345 g/mol. The van der Waals surface area contributed by atoms with Gasteiger partial charge >= 0.3 is 0 Å². The van der Waals surface area contributed by atoms with E-state index >= 15 is 0 Å². The Balaban J connectivity index is 1.98. The van der Waals surface area contributed by atoms with Gasteiger partial charge in [-0.1, -0.05) is 29.8 Å². The molecule has 0 aromatic heterocycles. The fraction of sp³-hybridized carbons (Fsp3) is 0.211. The summed E-state index contributed by atoms with van der Waals surface area (Å²) in [6, 6.07) is 10.9. The molecule has 2 aromatic rings. The third-order valence-electron chi connectivity index (χ3n) is 3.42. The van der Waals surface area contributed by atoms with Crippen LogP contribution in [0.4, 0.5) is 5.69 Å². The second-order valence-electron chi connectivity index (χ2n) is 5.28. The average molecular weight is 346 g/mol. The molecule has 0 saturated heterocycles. The third-order valence-corrected chi connectivity index (χ3v) is 3.83. The second kappa shape index (κ2) is 8.41. The molecule has 0 unspecified atom stereocenters. The first-order chi connectivity index (χ1) is 11.5. The van der Waals surface area contributed by atoms with Crippen molar-refractivity contribution in [1.82, 2.24) is 0 Å². The van der Waals surface area contributed by atoms with Crippen LogP contribution in [0.2, 0.25) is 5.02 Å². The van der Waals surface area contributed by atoms with Crippen molar-refractivity contribution in [3.8, 4) is 11.5 Å². The van der Waals surface area contributed by atoms with Crippen molar-refractivity contribution in [1.29, 1.82) is 0 Å². The highest BCUT2D eigenvalue weighted by atomic mass is 35.5. The topological polar surface area (TPSA) is 47.6 Å². The Hall–Kier alpha value is -2.46. The van der Waals surface area contributed by atoms with Gasteiger partial charge in [-0.25, -0.2) is 0 Å². The average Bonchev–Trinajstić information content (AvgIpc) is 2.57. The lowest BCUT2D eigenvalue weighted by atomic mass is 10.1. The molecule has 0 spiro atoms. The van der Waals surface area contributed by atoms with Crippen LogP contribution >= 0.6 is 11.6 Å². The number of hydrogen-bond acceptors (Lipinski definition) is 3. The van der Waals surface area contributed by atoms with Gasteiger partial charge in [0.25, 0.3) is 5.91 Å². The van der Waals surface area contributed by atoms with Crippen molar-refractivity contribution in [2.75, 3.05) is 19.0 Å². The van der Waals surface area contributed by atoms with E-state index in [-0.39, 0.29) is 12.5 Å². The molecule has 1 amide bonds. The molecule has 0 fully saturated rings. The maximum absolute atomic E-state index is 12.0. The maximum Gasteiger partial charge on any atom is 0.262 e. The first-order valence-corrected chi connectivity index (χ1v) is 7.88. The van der Waals surface area contributed by atoms with Gasteiger partial charge in [0.1, 0.15) is 0 Å². The Bertz CT molecular complexity index is 743. The largest absolute Gasteiger partial charge is 0.493 e. The summed E-state index contributed by atoms with van der Waals surface area (Å²) >= 11 is 6.04. The Morgan fingerprint density at radius 2 is 2.04 bits per heavy atom. The smallest absolute Gasteiger partial charge is 0.262 e. The van der Waals surface area contributed by atoms with Gasteiger partial charge in [0, 0.05) is 10.7 Å². The van der Waals surface area contributed by atoms with E-state index in [1.807, 2.05) is 31.2 Å². The number of nitrogens with one attached hydrogen (secondary N) is 1. The Labute approximate surface area is 147 Å². The molecule has 0 aliphatic carbocycles. The van der Waals surface area contributed by atoms with Crippen LogP contribution in [0.5, 0.6) is 11.5 Å². The van der Waals surface area contributed by atoms with Gasteiger partial charge in [-0.3, -0.25) is 4.79 Å². The van der Waals surface area contributed by atoms with Crippen LogP contribution in [-0.4, -0.2) is 19.6 Å². The van der Waals surface area contributed by atoms with Gasteiger partial charge in [-0.15, -0.1) is 6.58 Å². The highest BCUT2D eigenvalue weighted by Gasteiger charge is 2.09. The molecule has 4 nitrogen and oxygen atoms in total. The highest BCUT2D eigenvalue weighted by molar-refractivity contribution is 6.31. The number of carbonyl (C=O) groups excluding carboxylic acids is 1. The van der Waals surface area contributed by atoms with E-state index in [9.17, 15) is 4.79 Å². The minimum atomic E-state index is -0.271. The van der Waals surface area contributed by atoms with Crippen LogP contribution in [-0.2, 0) is 11.2 Å². The standard InChI is InChI=1S/C19H20ClNO3/c1-4-5-14-7-9-17(18(10-14)23-3)24-12-19(22)21-15-8-6-13(2)16(20)11-15/h4,6-11H,1,5,12H2,2-3H3,(H,21,22). The summed E-state index contributed by atoms with van der Waals surface area (Å²) in [5.41, 5.74) is 2.65. The number of hydrogen-bond donors (Lipinski definition) is 1. The molecule has 0 bridgehead atoms. The minimum absolute atomic E-state index is 0.122. The fourth-order valence-electron chi connectivity index (χ4n) is 2.14. The van der Waals surface area contributed by atoms with Crippen LogP contribution in [0, 0.1) is 6.92 Å². The molecule has 0 saturated carbocycles. The molecular weight excluding hydrogens is 326 g/mol. The quantitative estimate of drug-likeness (QED) is 0.756. The summed E-state index contributed by atoms with van der Waals surface area (Å²) in [7, 11) is 1.56. The third kappa shape index (κ3) is 4.77. The molecule has 126 valence electrons. The van der Waals surface area contributed by atoms with Crippen LogP contribution < -0.4 is 14.8 Å². The zero-order valence-electron chi connectivity index (χ0n) is 13.8. The summed E-state index contributed by atoms with van der Waals surface area (Å²) < 4.78 is 10.9. The van der Waals surface area contributed by atoms with E-state index in [2.05, 4.69) is 11.9 Å². The highest BCUT2D eigenvalue weighted by Crippen LogP contribution is 2.28. The zero-order chi connectivity index (χ0) is 17.5. The molecule has 2 rings (SSSR count). The SMILES string of the molecule is C=CCc1ccc(OCC(=O)Nc2ccc(C)c(Cl)c2)c(OC)c1. The molecule has 1 N–H and O–H groups in total. The van der Waals surface area contributed by atoms with Crippen LogP contribution in [0.15, 0.2) is 49.1 Å². The summed E-state index contributed by atoms with van der Waals surface area (Å²) in [6.07, 6.45) is 2.56. The number of benzene rings is 2. The Kier molecular flexibility index (Phi) is 6.27. The molecule has 2 aromatic carbocycles. The number of aryl methyl sites for hydroxylation is 1. The number of halogens is 1. The lowest BCUT2D eigenvalue weighted by Crippen LogP contribution is -2.20. The van der Waals surface area contributed by atoms with E-state index < -0.39 is 0 Å². The van der Waals surface area contributed by atoms with Gasteiger partial charge in [0.2, 0.25) is 0 Å². The first kappa shape index (κ1) is 17.9. The van der Waals surface area contributed by atoms with Crippen molar-refractivity contribution in [3.05, 3.63) is 65.2 Å². The molecular formula is C19H20ClNO3. The lowest BCUT2D eigenvalue weighted by molar-refractivity contribution is -0.118. The number of amides is 1. The molecule has 0 aliphatic heterocycles. The van der Waals surface area contributed by atoms with Crippen molar-refractivity contribution < 1.29 is 14.3 Å². The summed E-state index contributed by atoms with van der Waals surface area (Å²) in [5.74, 6) is 0.829. The first-order valence-electron chi connectivity index (χ1n) is 7.50. The fourth-order valence-corrected chi connectivity index (χ4v) is 2.32. The molecule has 24 heavy (non-hydrogen) atoms.